The zero-order valence-corrected chi connectivity index (χ0v) is 16.5. The molecular formula is C19H28N6O3. The van der Waals surface area contributed by atoms with E-state index in [9.17, 15) is 4.79 Å². The summed E-state index contributed by atoms with van der Waals surface area (Å²) in [6.07, 6.45) is 6.32. The average molecular weight is 388 g/mol. The van der Waals surface area contributed by atoms with Gasteiger partial charge in [0.2, 0.25) is 11.9 Å². The van der Waals surface area contributed by atoms with Crippen molar-refractivity contribution in [3.8, 4) is 11.5 Å². The summed E-state index contributed by atoms with van der Waals surface area (Å²) in [7, 11) is 3.24. The predicted molar refractivity (Wildman–Crippen MR) is 104 cm³/mol. The van der Waals surface area contributed by atoms with E-state index in [0.29, 0.717) is 18.0 Å². The van der Waals surface area contributed by atoms with Crippen LogP contribution in [0.1, 0.15) is 37.7 Å². The normalized spacial score (nSPS) is 14.6. The van der Waals surface area contributed by atoms with Crippen molar-refractivity contribution in [1.82, 2.24) is 25.1 Å². The highest BCUT2D eigenvalue weighted by atomic mass is 16.5. The van der Waals surface area contributed by atoms with Crippen LogP contribution in [0, 0.1) is 0 Å². The Hall–Kier alpha value is -2.84. The molecular weight excluding hydrogens is 360 g/mol. The highest BCUT2D eigenvalue weighted by Gasteiger charge is 2.26. The molecule has 0 spiro atoms. The maximum absolute atomic E-state index is 13.0. The van der Waals surface area contributed by atoms with Gasteiger partial charge in [0.1, 0.15) is 6.54 Å². The van der Waals surface area contributed by atoms with Gasteiger partial charge in [-0.15, -0.1) is 0 Å². The Morgan fingerprint density at radius 2 is 1.96 bits per heavy atom. The molecule has 9 nitrogen and oxygen atoms in total. The number of ether oxygens (including phenoxy) is 2. The highest BCUT2D eigenvalue weighted by Crippen LogP contribution is 2.28. The molecule has 1 fully saturated rings. The minimum Gasteiger partial charge on any atom is -0.493 e. The van der Waals surface area contributed by atoms with Crippen molar-refractivity contribution in [1.29, 1.82) is 0 Å². The van der Waals surface area contributed by atoms with Crippen molar-refractivity contribution in [2.75, 3.05) is 26.5 Å². The van der Waals surface area contributed by atoms with Crippen LogP contribution in [0.2, 0.25) is 0 Å². The second kappa shape index (κ2) is 9.38. The smallest absolute Gasteiger partial charge is 0.244 e. The summed E-state index contributed by atoms with van der Waals surface area (Å²) < 4.78 is 12.0. The highest BCUT2D eigenvalue weighted by molar-refractivity contribution is 5.76. The van der Waals surface area contributed by atoms with Gasteiger partial charge in [0, 0.05) is 12.6 Å². The number of aromatic nitrogens is 4. The summed E-state index contributed by atoms with van der Waals surface area (Å²) in [6.45, 7) is 0.683. The topological polar surface area (TPSA) is 108 Å². The van der Waals surface area contributed by atoms with E-state index in [1.165, 1.54) is 11.1 Å². The van der Waals surface area contributed by atoms with Crippen molar-refractivity contribution < 1.29 is 14.3 Å². The minimum absolute atomic E-state index is 0.00798. The first-order valence-corrected chi connectivity index (χ1v) is 9.64. The number of amides is 1. The van der Waals surface area contributed by atoms with Crippen LogP contribution in [0.15, 0.2) is 18.2 Å². The molecule has 0 unspecified atom stereocenters. The monoisotopic (exact) mass is 388 g/mol. The molecule has 1 heterocycles. The zero-order chi connectivity index (χ0) is 19.9. The van der Waals surface area contributed by atoms with Gasteiger partial charge in [0.05, 0.1) is 14.2 Å². The van der Waals surface area contributed by atoms with Crippen molar-refractivity contribution in [2.45, 2.75) is 51.1 Å². The number of methoxy groups -OCH3 is 2. The van der Waals surface area contributed by atoms with Gasteiger partial charge < -0.3 is 20.1 Å². The Balaban J connectivity index is 1.71. The molecule has 1 aliphatic carbocycles. The number of carbonyl (C=O) groups excluding carboxylic acids is 1. The van der Waals surface area contributed by atoms with E-state index in [1.54, 1.807) is 14.2 Å². The molecule has 28 heavy (non-hydrogen) atoms. The van der Waals surface area contributed by atoms with E-state index < -0.39 is 0 Å². The molecule has 9 heteroatoms. The molecule has 0 bridgehead atoms. The number of rotatable bonds is 8. The Bertz CT molecular complexity index is 788. The van der Waals surface area contributed by atoms with Crippen LogP contribution in [-0.2, 0) is 17.8 Å². The lowest BCUT2D eigenvalue weighted by molar-refractivity contribution is -0.135. The summed E-state index contributed by atoms with van der Waals surface area (Å²) in [4.78, 5) is 15.0. The molecule has 0 atom stereocenters. The Labute approximate surface area is 164 Å². The van der Waals surface area contributed by atoms with Gasteiger partial charge >= 0.3 is 0 Å². The van der Waals surface area contributed by atoms with E-state index in [4.69, 9.17) is 15.2 Å². The minimum atomic E-state index is -0.00798. The third-order valence-corrected chi connectivity index (χ3v) is 5.27. The molecule has 0 radical (unpaired) electrons. The molecule has 1 saturated carbocycles. The van der Waals surface area contributed by atoms with Crippen molar-refractivity contribution in [2.24, 2.45) is 0 Å². The van der Waals surface area contributed by atoms with Crippen LogP contribution in [0.5, 0.6) is 11.5 Å². The van der Waals surface area contributed by atoms with Crippen LogP contribution < -0.4 is 15.2 Å². The second-order valence-corrected chi connectivity index (χ2v) is 7.01. The van der Waals surface area contributed by atoms with Crippen molar-refractivity contribution >= 4 is 11.9 Å². The van der Waals surface area contributed by atoms with E-state index in [2.05, 4.69) is 15.5 Å². The van der Waals surface area contributed by atoms with E-state index in [0.717, 1.165) is 37.7 Å². The first-order valence-electron chi connectivity index (χ1n) is 9.64. The number of nitrogens with two attached hydrogens (primary N) is 1. The second-order valence-electron chi connectivity index (χ2n) is 7.01. The third kappa shape index (κ3) is 4.71. The van der Waals surface area contributed by atoms with Gasteiger partial charge in [-0.25, -0.2) is 4.68 Å². The van der Waals surface area contributed by atoms with Crippen LogP contribution in [-0.4, -0.2) is 57.8 Å². The van der Waals surface area contributed by atoms with Crippen molar-refractivity contribution in [3.05, 3.63) is 23.8 Å². The number of nitrogen functional groups attached to an aromatic ring is 1. The number of hydrogen-bond acceptors (Lipinski definition) is 7. The molecule has 3 rings (SSSR count). The van der Waals surface area contributed by atoms with E-state index in [1.807, 2.05) is 23.1 Å². The average Bonchev–Trinajstić information content (AvgIpc) is 3.13. The molecule has 1 aromatic carbocycles. The number of nitrogens with zero attached hydrogens (tertiary/aromatic N) is 5. The summed E-state index contributed by atoms with van der Waals surface area (Å²) >= 11 is 0. The summed E-state index contributed by atoms with van der Waals surface area (Å²) in [5, 5.41) is 11.0. The quantitative estimate of drug-likeness (QED) is 0.733. The lowest BCUT2D eigenvalue weighted by atomic mass is 9.93. The number of carbonyl (C=O) groups is 1. The third-order valence-electron chi connectivity index (χ3n) is 5.27. The van der Waals surface area contributed by atoms with Crippen LogP contribution >= 0.6 is 0 Å². The van der Waals surface area contributed by atoms with Gasteiger partial charge in [0.15, 0.2) is 11.5 Å². The van der Waals surface area contributed by atoms with Gasteiger partial charge in [-0.3, -0.25) is 4.79 Å². The van der Waals surface area contributed by atoms with E-state index >= 15 is 0 Å². The zero-order valence-electron chi connectivity index (χ0n) is 16.5. The number of benzene rings is 1. The lowest BCUT2D eigenvalue weighted by Gasteiger charge is -2.34. The fourth-order valence-electron chi connectivity index (χ4n) is 3.73. The molecule has 1 aromatic heterocycles. The van der Waals surface area contributed by atoms with Crippen LogP contribution in [0.4, 0.5) is 5.95 Å². The molecule has 0 saturated heterocycles. The van der Waals surface area contributed by atoms with Gasteiger partial charge in [-0.05, 0) is 47.4 Å². The predicted octanol–water partition coefficient (Wildman–Crippen LogP) is 1.68. The van der Waals surface area contributed by atoms with Crippen LogP contribution in [0.25, 0.3) is 0 Å². The Kier molecular flexibility index (Phi) is 6.67. The maximum atomic E-state index is 13.0. The first kappa shape index (κ1) is 19.9. The summed E-state index contributed by atoms with van der Waals surface area (Å²) in [6, 6.07) is 6.10. The molecule has 1 aliphatic rings. The number of tetrazole rings is 1. The Morgan fingerprint density at radius 1 is 1.21 bits per heavy atom. The lowest BCUT2D eigenvalue weighted by Crippen LogP contribution is -2.44. The SMILES string of the molecule is COc1ccc(CCN(C(=O)Cn2nnnc2N)C2CCCCC2)cc1OC. The van der Waals surface area contributed by atoms with Crippen LogP contribution in [0.3, 0.4) is 0 Å². The van der Waals surface area contributed by atoms with Gasteiger partial charge in [-0.2, -0.15) is 0 Å². The van der Waals surface area contributed by atoms with Gasteiger partial charge in [-0.1, -0.05) is 30.4 Å². The fraction of sp³-hybridized carbons (Fsp3) is 0.579. The molecule has 152 valence electrons. The molecule has 0 aliphatic heterocycles. The number of anilines is 1. The standard InChI is InChI=1S/C19H28N6O3/c1-27-16-9-8-14(12-17(16)28-2)10-11-24(15-6-4-3-5-7-15)18(26)13-25-19(20)21-22-23-25/h8-9,12,15H,3-7,10-11,13H2,1-2H3,(H2,20,21,23). The van der Waals surface area contributed by atoms with Gasteiger partial charge in [0.25, 0.3) is 0 Å². The molecule has 2 N–H and O–H groups in total. The fourth-order valence-corrected chi connectivity index (χ4v) is 3.73. The number of hydrogen-bond donors (Lipinski definition) is 1. The van der Waals surface area contributed by atoms with E-state index in [-0.39, 0.29) is 24.4 Å². The molecule has 2 aromatic rings. The maximum Gasteiger partial charge on any atom is 0.244 e. The summed E-state index contributed by atoms with van der Waals surface area (Å²) in [5.74, 6) is 1.53. The first-order chi connectivity index (χ1) is 13.6. The largest absolute Gasteiger partial charge is 0.493 e. The molecule has 1 amide bonds. The van der Waals surface area contributed by atoms with Crippen molar-refractivity contribution in [3.63, 3.8) is 0 Å². The Morgan fingerprint density at radius 3 is 2.61 bits per heavy atom. The summed E-state index contributed by atoms with van der Waals surface area (Å²) in [5.41, 5.74) is 6.81.